The molecular formula is C19H30N4OS. The van der Waals surface area contributed by atoms with E-state index in [0.717, 1.165) is 36.6 Å². The molecule has 0 bridgehead atoms. The van der Waals surface area contributed by atoms with E-state index in [1.165, 1.54) is 6.42 Å². The Morgan fingerprint density at radius 3 is 2.68 bits per heavy atom. The van der Waals surface area contributed by atoms with Crippen LogP contribution in [-0.2, 0) is 11.3 Å². The first-order valence-corrected chi connectivity index (χ1v) is 10.1. The molecule has 2 rings (SSSR count). The van der Waals surface area contributed by atoms with Crippen LogP contribution in [0.25, 0.3) is 0 Å². The van der Waals surface area contributed by atoms with Gasteiger partial charge >= 0.3 is 0 Å². The molecule has 0 atom stereocenters. The minimum absolute atomic E-state index is 0.146. The second-order valence-corrected chi connectivity index (χ2v) is 8.57. The molecule has 0 radical (unpaired) electrons. The van der Waals surface area contributed by atoms with Crippen molar-refractivity contribution in [1.29, 1.82) is 0 Å². The number of thioether (sulfide) groups is 1. The molecule has 1 aromatic rings. The average Bonchev–Trinajstić information content (AvgIpc) is 2.53. The molecule has 138 valence electrons. The number of anilines is 1. The molecule has 1 fully saturated rings. The molecule has 0 aliphatic heterocycles. The largest absolute Gasteiger partial charge is 0.355 e. The van der Waals surface area contributed by atoms with Crippen molar-refractivity contribution in [3.8, 4) is 0 Å². The number of nitrogens with one attached hydrogen (secondary N) is 3. The van der Waals surface area contributed by atoms with Gasteiger partial charge in [0.15, 0.2) is 5.96 Å². The summed E-state index contributed by atoms with van der Waals surface area (Å²) in [6.07, 6.45) is 5.31. The predicted molar refractivity (Wildman–Crippen MR) is 108 cm³/mol. The van der Waals surface area contributed by atoms with Crippen LogP contribution in [0.4, 0.5) is 5.69 Å². The molecule has 0 saturated heterocycles. The van der Waals surface area contributed by atoms with Crippen LogP contribution >= 0.6 is 11.8 Å². The summed E-state index contributed by atoms with van der Waals surface area (Å²) in [6.45, 7) is 5.90. The molecule has 3 N–H and O–H groups in total. The molecule has 0 aromatic heterocycles. The first-order valence-electron chi connectivity index (χ1n) is 8.83. The summed E-state index contributed by atoms with van der Waals surface area (Å²) in [5.41, 5.74) is 1.97. The lowest BCUT2D eigenvalue weighted by molar-refractivity contribution is -0.122. The molecule has 0 spiro atoms. The first kappa shape index (κ1) is 19.6. The summed E-state index contributed by atoms with van der Waals surface area (Å²) in [6, 6.07) is 7.97. The maximum Gasteiger partial charge on any atom is 0.227 e. The monoisotopic (exact) mass is 362 g/mol. The van der Waals surface area contributed by atoms with Crippen molar-refractivity contribution in [1.82, 2.24) is 10.6 Å². The van der Waals surface area contributed by atoms with E-state index in [4.69, 9.17) is 0 Å². The lowest BCUT2D eigenvalue weighted by Gasteiger charge is -2.24. The number of hydrogen-bond acceptors (Lipinski definition) is 3. The number of guanidine groups is 1. The van der Waals surface area contributed by atoms with Crippen LogP contribution in [-0.4, -0.2) is 36.5 Å². The van der Waals surface area contributed by atoms with Gasteiger partial charge in [0, 0.05) is 36.5 Å². The van der Waals surface area contributed by atoms with Gasteiger partial charge in [0.1, 0.15) is 0 Å². The number of rotatable bonds is 7. The van der Waals surface area contributed by atoms with E-state index in [1.54, 1.807) is 7.05 Å². The van der Waals surface area contributed by atoms with E-state index < -0.39 is 0 Å². The maximum atomic E-state index is 12.1. The van der Waals surface area contributed by atoms with Crippen LogP contribution in [0, 0.1) is 5.92 Å². The fraction of sp³-hybridized carbons (Fsp3) is 0.579. The van der Waals surface area contributed by atoms with Gasteiger partial charge in [-0.3, -0.25) is 9.79 Å². The summed E-state index contributed by atoms with van der Waals surface area (Å²) < 4.78 is 0.156. The third-order valence-corrected chi connectivity index (χ3v) is 5.84. The zero-order valence-corrected chi connectivity index (χ0v) is 16.5. The van der Waals surface area contributed by atoms with E-state index in [0.29, 0.717) is 6.54 Å². The van der Waals surface area contributed by atoms with Crippen molar-refractivity contribution in [2.24, 2.45) is 10.9 Å². The molecule has 1 aliphatic carbocycles. The summed E-state index contributed by atoms with van der Waals surface area (Å²) in [4.78, 5) is 16.3. The fourth-order valence-electron chi connectivity index (χ4n) is 2.45. The molecule has 1 aromatic carbocycles. The Morgan fingerprint density at radius 1 is 1.32 bits per heavy atom. The molecule has 5 nitrogen and oxygen atoms in total. The van der Waals surface area contributed by atoms with Crippen LogP contribution in [0.5, 0.6) is 0 Å². The molecule has 6 heteroatoms. The second-order valence-electron chi connectivity index (χ2n) is 7.06. The van der Waals surface area contributed by atoms with Crippen molar-refractivity contribution in [2.75, 3.05) is 25.2 Å². The molecular weight excluding hydrogens is 332 g/mol. The number of amides is 1. The third-order valence-electron chi connectivity index (χ3n) is 4.59. The average molecular weight is 363 g/mol. The Hall–Kier alpha value is -1.69. The van der Waals surface area contributed by atoms with E-state index >= 15 is 0 Å². The minimum Gasteiger partial charge on any atom is -0.355 e. The highest BCUT2D eigenvalue weighted by atomic mass is 32.2. The summed E-state index contributed by atoms with van der Waals surface area (Å²) in [5.74, 6) is 1.13. The van der Waals surface area contributed by atoms with Gasteiger partial charge in [-0.05, 0) is 50.6 Å². The Morgan fingerprint density at radius 2 is 2.08 bits per heavy atom. The number of aliphatic imine (C=N–C) groups is 1. The SMILES string of the molecule is CN=C(NCc1cccc(NC(=O)C2CCC2)c1)NCC(C)(C)SC. The highest BCUT2D eigenvalue weighted by Gasteiger charge is 2.25. The van der Waals surface area contributed by atoms with Crippen LogP contribution in [0.15, 0.2) is 29.3 Å². The first-order chi connectivity index (χ1) is 11.9. The van der Waals surface area contributed by atoms with Crippen LogP contribution in [0.1, 0.15) is 38.7 Å². The summed E-state index contributed by atoms with van der Waals surface area (Å²) in [7, 11) is 1.77. The van der Waals surface area contributed by atoms with E-state index in [9.17, 15) is 4.79 Å². The van der Waals surface area contributed by atoms with Gasteiger partial charge in [-0.25, -0.2) is 0 Å². The second kappa shape index (κ2) is 9.13. The van der Waals surface area contributed by atoms with Crippen molar-refractivity contribution < 1.29 is 4.79 Å². The van der Waals surface area contributed by atoms with Gasteiger partial charge in [-0.1, -0.05) is 18.6 Å². The van der Waals surface area contributed by atoms with E-state index in [1.807, 2.05) is 36.0 Å². The lowest BCUT2D eigenvalue weighted by atomic mass is 9.85. The molecule has 1 aliphatic rings. The van der Waals surface area contributed by atoms with Gasteiger partial charge in [0.05, 0.1) is 0 Å². The fourth-order valence-corrected chi connectivity index (χ4v) is 2.67. The number of carbonyl (C=O) groups excluding carboxylic acids is 1. The number of nitrogens with zero attached hydrogens (tertiary/aromatic N) is 1. The Kier molecular flexibility index (Phi) is 7.17. The highest BCUT2D eigenvalue weighted by Crippen LogP contribution is 2.27. The standard InChI is InChI=1S/C19H30N4OS/c1-19(2,25-4)13-22-18(20-3)21-12-14-7-5-10-16(11-14)23-17(24)15-8-6-9-15/h5,7,10-11,15H,6,8-9,12-13H2,1-4H3,(H,23,24)(H2,20,21,22). The third kappa shape index (κ3) is 6.27. The zero-order valence-electron chi connectivity index (χ0n) is 15.7. The van der Waals surface area contributed by atoms with Gasteiger partial charge in [-0.2, -0.15) is 11.8 Å². The summed E-state index contributed by atoms with van der Waals surface area (Å²) >= 11 is 1.83. The van der Waals surface area contributed by atoms with Gasteiger partial charge in [0.2, 0.25) is 5.91 Å². The van der Waals surface area contributed by atoms with Crippen LogP contribution in [0.3, 0.4) is 0 Å². The van der Waals surface area contributed by atoms with E-state index in [-0.39, 0.29) is 16.6 Å². The summed E-state index contributed by atoms with van der Waals surface area (Å²) in [5, 5.41) is 9.70. The van der Waals surface area contributed by atoms with Crippen LogP contribution in [0.2, 0.25) is 0 Å². The zero-order chi connectivity index (χ0) is 18.3. The van der Waals surface area contributed by atoms with Gasteiger partial charge in [-0.15, -0.1) is 0 Å². The quantitative estimate of drug-likeness (QED) is 0.515. The normalized spacial score (nSPS) is 15.4. The topological polar surface area (TPSA) is 65.5 Å². The minimum atomic E-state index is 0.146. The van der Waals surface area contributed by atoms with Crippen molar-refractivity contribution in [3.05, 3.63) is 29.8 Å². The van der Waals surface area contributed by atoms with Crippen molar-refractivity contribution in [2.45, 2.75) is 44.4 Å². The highest BCUT2D eigenvalue weighted by molar-refractivity contribution is 7.99. The molecule has 25 heavy (non-hydrogen) atoms. The van der Waals surface area contributed by atoms with E-state index in [2.05, 4.69) is 41.0 Å². The van der Waals surface area contributed by atoms with Gasteiger partial charge < -0.3 is 16.0 Å². The predicted octanol–water partition coefficient (Wildman–Crippen LogP) is 3.23. The van der Waals surface area contributed by atoms with Crippen LogP contribution < -0.4 is 16.0 Å². The smallest absolute Gasteiger partial charge is 0.227 e. The Labute approximate surface area is 155 Å². The molecule has 0 heterocycles. The Balaban J connectivity index is 1.85. The number of hydrogen-bond donors (Lipinski definition) is 3. The maximum absolute atomic E-state index is 12.1. The van der Waals surface area contributed by atoms with Gasteiger partial charge in [0.25, 0.3) is 0 Å². The van der Waals surface area contributed by atoms with Crippen molar-refractivity contribution in [3.63, 3.8) is 0 Å². The molecule has 1 amide bonds. The molecule has 0 unspecified atom stereocenters. The molecule has 1 saturated carbocycles. The number of carbonyl (C=O) groups is 1. The lowest BCUT2D eigenvalue weighted by Crippen LogP contribution is -2.43. The Bertz CT molecular complexity index is 611. The van der Waals surface area contributed by atoms with Crippen molar-refractivity contribution >= 4 is 29.3 Å². The number of benzene rings is 1.